The van der Waals surface area contributed by atoms with Gasteiger partial charge < -0.3 is 14.6 Å². The average molecular weight is 254 g/mol. The molecule has 0 aliphatic rings. The van der Waals surface area contributed by atoms with Crippen LogP contribution in [0.4, 0.5) is 0 Å². The van der Waals surface area contributed by atoms with Crippen molar-refractivity contribution in [2.75, 3.05) is 47.1 Å². The number of hydrogen-bond acceptors (Lipinski definition) is 5. The zero-order valence-electron chi connectivity index (χ0n) is 11.1. The van der Waals surface area contributed by atoms with Crippen molar-refractivity contribution in [1.82, 2.24) is 9.88 Å². The van der Waals surface area contributed by atoms with Crippen LogP contribution in [0.25, 0.3) is 0 Å². The second-order valence-corrected chi connectivity index (χ2v) is 4.06. The third kappa shape index (κ3) is 5.55. The molecule has 0 saturated carbocycles. The Morgan fingerprint density at radius 2 is 1.89 bits per heavy atom. The van der Waals surface area contributed by atoms with Crippen LogP contribution in [0.5, 0.6) is 0 Å². The molecule has 0 saturated heterocycles. The zero-order valence-corrected chi connectivity index (χ0v) is 11.1. The molecule has 5 nitrogen and oxygen atoms in total. The normalized spacial score (nSPS) is 12.9. The van der Waals surface area contributed by atoms with E-state index in [1.54, 1.807) is 20.4 Å². The van der Waals surface area contributed by atoms with E-state index in [1.807, 2.05) is 18.2 Å². The molecule has 0 aliphatic carbocycles. The van der Waals surface area contributed by atoms with E-state index < -0.39 is 6.10 Å². The number of rotatable bonds is 9. The summed E-state index contributed by atoms with van der Waals surface area (Å²) in [5, 5.41) is 10.1. The Morgan fingerprint density at radius 3 is 2.39 bits per heavy atom. The van der Waals surface area contributed by atoms with E-state index in [9.17, 15) is 5.11 Å². The van der Waals surface area contributed by atoms with Crippen LogP contribution < -0.4 is 0 Å². The van der Waals surface area contributed by atoms with Crippen molar-refractivity contribution in [3.8, 4) is 0 Å². The van der Waals surface area contributed by atoms with Crippen molar-refractivity contribution in [2.45, 2.75) is 6.10 Å². The number of ether oxygens (including phenoxy) is 2. The summed E-state index contributed by atoms with van der Waals surface area (Å²) in [6.45, 7) is 3.34. The fraction of sp³-hybridized carbons (Fsp3) is 0.615. The topological polar surface area (TPSA) is 54.8 Å². The van der Waals surface area contributed by atoms with Gasteiger partial charge in [0.05, 0.1) is 18.9 Å². The Labute approximate surface area is 108 Å². The Hall–Kier alpha value is -1.01. The molecule has 0 aromatic carbocycles. The van der Waals surface area contributed by atoms with Gasteiger partial charge in [0.25, 0.3) is 0 Å². The molecule has 0 fully saturated rings. The van der Waals surface area contributed by atoms with Crippen LogP contribution in [-0.4, -0.2) is 62.1 Å². The second kappa shape index (κ2) is 8.99. The lowest BCUT2D eigenvalue weighted by Crippen LogP contribution is -2.34. The Kier molecular flexibility index (Phi) is 7.52. The maximum Gasteiger partial charge on any atom is 0.109 e. The Morgan fingerprint density at radius 1 is 1.22 bits per heavy atom. The lowest BCUT2D eigenvalue weighted by molar-refractivity contribution is 0.0680. The van der Waals surface area contributed by atoms with Crippen molar-refractivity contribution in [3.05, 3.63) is 30.1 Å². The molecular weight excluding hydrogens is 232 g/mol. The quantitative estimate of drug-likeness (QED) is 0.703. The molecule has 1 rings (SSSR count). The average Bonchev–Trinajstić information content (AvgIpc) is 2.42. The van der Waals surface area contributed by atoms with E-state index in [2.05, 4.69) is 9.88 Å². The number of hydrogen-bond donors (Lipinski definition) is 1. The number of pyridine rings is 1. The fourth-order valence-electron chi connectivity index (χ4n) is 1.65. The molecule has 0 bridgehead atoms. The molecule has 5 heteroatoms. The summed E-state index contributed by atoms with van der Waals surface area (Å²) in [5.41, 5.74) is 0.692. The van der Waals surface area contributed by atoms with Gasteiger partial charge in [0.1, 0.15) is 6.10 Å². The SMILES string of the molecule is COCCN(CCOC)CC(O)c1ccccn1. The second-order valence-electron chi connectivity index (χ2n) is 4.06. The van der Waals surface area contributed by atoms with E-state index in [0.29, 0.717) is 25.5 Å². The first-order valence-corrected chi connectivity index (χ1v) is 6.07. The summed E-state index contributed by atoms with van der Waals surface area (Å²) in [5.74, 6) is 0. The zero-order chi connectivity index (χ0) is 13.2. The summed E-state index contributed by atoms with van der Waals surface area (Å²) < 4.78 is 10.1. The van der Waals surface area contributed by atoms with Gasteiger partial charge in [-0.2, -0.15) is 0 Å². The van der Waals surface area contributed by atoms with Crippen molar-refractivity contribution in [2.24, 2.45) is 0 Å². The standard InChI is InChI=1S/C13H22N2O3/c1-17-9-7-15(8-10-18-2)11-13(16)12-5-3-4-6-14-12/h3-6,13,16H,7-11H2,1-2H3. The lowest BCUT2D eigenvalue weighted by Gasteiger charge is -2.24. The fourth-order valence-corrected chi connectivity index (χ4v) is 1.65. The minimum atomic E-state index is -0.583. The van der Waals surface area contributed by atoms with Crippen LogP contribution in [-0.2, 0) is 9.47 Å². The summed E-state index contributed by atoms with van der Waals surface area (Å²) in [4.78, 5) is 6.26. The van der Waals surface area contributed by atoms with E-state index in [1.165, 1.54) is 0 Å². The predicted molar refractivity (Wildman–Crippen MR) is 69.4 cm³/mol. The first-order chi connectivity index (χ1) is 8.77. The lowest BCUT2D eigenvalue weighted by atomic mass is 10.2. The Bertz CT molecular complexity index is 300. The molecule has 1 unspecified atom stereocenters. The molecule has 0 aliphatic heterocycles. The smallest absolute Gasteiger partial charge is 0.109 e. The molecule has 1 atom stereocenters. The number of aliphatic hydroxyl groups excluding tert-OH is 1. The Balaban J connectivity index is 2.47. The van der Waals surface area contributed by atoms with Crippen LogP contribution in [0, 0.1) is 0 Å². The van der Waals surface area contributed by atoms with Crippen molar-refractivity contribution >= 4 is 0 Å². The third-order valence-electron chi connectivity index (χ3n) is 2.68. The minimum Gasteiger partial charge on any atom is -0.385 e. The van der Waals surface area contributed by atoms with Crippen LogP contribution in [0.1, 0.15) is 11.8 Å². The van der Waals surface area contributed by atoms with Gasteiger partial charge in [-0.15, -0.1) is 0 Å². The molecule has 1 heterocycles. The highest BCUT2D eigenvalue weighted by Crippen LogP contribution is 2.10. The number of methoxy groups -OCH3 is 2. The first kappa shape index (κ1) is 15.0. The molecule has 18 heavy (non-hydrogen) atoms. The summed E-state index contributed by atoms with van der Waals surface area (Å²) in [6, 6.07) is 5.54. The highest BCUT2D eigenvalue weighted by Gasteiger charge is 2.14. The number of aliphatic hydroxyl groups is 1. The predicted octanol–water partition coefficient (Wildman–Crippen LogP) is 0.710. The van der Waals surface area contributed by atoms with Gasteiger partial charge in [0.2, 0.25) is 0 Å². The summed E-state index contributed by atoms with van der Waals surface area (Å²) in [7, 11) is 3.34. The van der Waals surface area contributed by atoms with Crippen LogP contribution in [0.3, 0.4) is 0 Å². The number of aromatic nitrogens is 1. The van der Waals surface area contributed by atoms with Crippen molar-refractivity contribution in [3.63, 3.8) is 0 Å². The molecule has 1 aromatic heterocycles. The minimum absolute atomic E-state index is 0.531. The highest BCUT2D eigenvalue weighted by atomic mass is 16.5. The van der Waals surface area contributed by atoms with Gasteiger partial charge >= 0.3 is 0 Å². The van der Waals surface area contributed by atoms with Gasteiger partial charge in [-0.1, -0.05) is 6.07 Å². The largest absolute Gasteiger partial charge is 0.385 e. The molecule has 1 aromatic rings. The van der Waals surface area contributed by atoms with E-state index >= 15 is 0 Å². The van der Waals surface area contributed by atoms with E-state index in [-0.39, 0.29) is 0 Å². The first-order valence-electron chi connectivity index (χ1n) is 6.07. The maximum atomic E-state index is 10.1. The van der Waals surface area contributed by atoms with E-state index in [4.69, 9.17) is 9.47 Å². The van der Waals surface area contributed by atoms with Crippen LogP contribution in [0.2, 0.25) is 0 Å². The van der Waals surface area contributed by atoms with Gasteiger partial charge in [0, 0.05) is 40.1 Å². The molecular formula is C13H22N2O3. The third-order valence-corrected chi connectivity index (χ3v) is 2.68. The van der Waals surface area contributed by atoms with E-state index in [0.717, 1.165) is 13.1 Å². The highest BCUT2D eigenvalue weighted by molar-refractivity contribution is 5.06. The molecule has 0 amide bonds. The van der Waals surface area contributed by atoms with Crippen LogP contribution >= 0.6 is 0 Å². The van der Waals surface area contributed by atoms with Gasteiger partial charge in [-0.25, -0.2) is 0 Å². The monoisotopic (exact) mass is 254 g/mol. The molecule has 1 N–H and O–H groups in total. The van der Waals surface area contributed by atoms with Gasteiger partial charge in [-0.05, 0) is 12.1 Å². The van der Waals surface area contributed by atoms with Gasteiger partial charge in [0.15, 0.2) is 0 Å². The van der Waals surface area contributed by atoms with Crippen molar-refractivity contribution in [1.29, 1.82) is 0 Å². The number of nitrogens with zero attached hydrogens (tertiary/aromatic N) is 2. The van der Waals surface area contributed by atoms with Gasteiger partial charge in [-0.3, -0.25) is 9.88 Å². The summed E-state index contributed by atoms with van der Waals surface area (Å²) in [6.07, 6.45) is 1.10. The van der Waals surface area contributed by atoms with Crippen molar-refractivity contribution < 1.29 is 14.6 Å². The molecule has 0 radical (unpaired) electrons. The van der Waals surface area contributed by atoms with Crippen LogP contribution in [0.15, 0.2) is 24.4 Å². The molecule has 102 valence electrons. The summed E-state index contributed by atoms with van der Waals surface area (Å²) >= 11 is 0. The maximum absolute atomic E-state index is 10.1. The molecule has 0 spiro atoms.